The molecule has 1 aromatic carbocycles. The molecule has 8 heteroatoms. The SMILES string of the molecule is CC(C)CNC(=O)N1CCCC(C(=O)Nc2ccc(C(=O)O)c(Cl)c2)C1. The van der Waals surface area contributed by atoms with Crippen LogP contribution in [0, 0.1) is 11.8 Å². The quantitative estimate of drug-likeness (QED) is 0.729. The number of urea groups is 1. The fourth-order valence-electron chi connectivity index (χ4n) is 2.79. The number of carbonyl (C=O) groups excluding carboxylic acids is 2. The van der Waals surface area contributed by atoms with E-state index >= 15 is 0 Å². The number of carboxylic acids is 1. The van der Waals surface area contributed by atoms with E-state index in [1.54, 1.807) is 4.90 Å². The van der Waals surface area contributed by atoms with Crippen molar-refractivity contribution in [3.63, 3.8) is 0 Å². The van der Waals surface area contributed by atoms with E-state index in [0.717, 1.165) is 6.42 Å². The summed E-state index contributed by atoms with van der Waals surface area (Å²) in [5.41, 5.74) is 0.418. The van der Waals surface area contributed by atoms with Crippen LogP contribution >= 0.6 is 11.6 Å². The first-order valence-electron chi connectivity index (χ1n) is 8.64. The lowest BCUT2D eigenvalue weighted by Crippen LogP contribution is -2.48. The van der Waals surface area contributed by atoms with Crippen molar-refractivity contribution in [1.82, 2.24) is 10.2 Å². The molecule has 3 amide bonds. The van der Waals surface area contributed by atoms with E-state index in [2.05, 4.69) is 10.6 Å². The molecule has 0 spiro atoms. The molecule has 0 bridgehead atoms. The van der Waals surface area contributed by atoms with Crippen LogP contribution in [-0.2, 0) is 4.79 Å². The van der Waals surface area contributed by atoms with Gasteiger partial charge < -0.3 is 20.6 Å². The standard InChI is InChI=1S/C18H24ClN3O4/c1-11(2)9-20-18(26)22-7-3-4-12(10-22)16(23)21-13-5-6-14(17(24)25)15(19)8-13/h5-6,8,11-12H,3-4,7,9-10H2,1-2H3,(H,20,26)(H,21,23)(H,24,25). The number of nitrogens with one attached hydrogen (secondary N) is 2. The minimum Gasteiger partial charge on any atom is -0.478 e. The molecule has 142 valence electrons. The molecule has 1 aliphatic rings. The Bertz CT molecular complexity index is 693. The van der Waals surface area contributed by atoms with Gasteiger partial charge in [-0.25, -0.2) is 9.59 Å². The van der Waals surface area contributed by atoms with E-state index < -0.39 is 5.97 Å². The van der Waals surface area contributed by atoms with Crippen LogP contribution in [0.4, 0.5) is 10.5 Å². The molecule has 1 unspecified atom stereocenters. The van der Waals surface area contributed by atoms with Gasteiger partial charge in [0.1, 0.15) is 0 Å². The highest BCUT2D eigenvalue weighted by Gasteiger charge is 2.28. The average molecular weight is 382 g/mol. The number of hydrogen-bond acceptors (Lipinski definition) is 3. The Morgan fingerprint density at radius 2 is 2.08 bits per heavy atom. The normalized spacial score (nSPS) is 17.1. The molecule has 1 aromatic rings. The van der Waals surface area contributed by atoms with Gasteiger partial charge in [0, 0.05) is 25.3 Å². The number of piperidine rings is 1. The van der Waals surface area contributed by atoms with Crippen molar-refractivity contribution in [2.45, 2.75) is 26.7 Å². The molecule has 1 fully saturated rings. The van der Waals surface area contributed by atoms with E-state index in [4.69, 9.17) is 16.7 Å². The summed E-state index contributed by atoms with van der Waals surface area (Å²) in [5.74, 6) is -1.28. The zero-order valence-corrected chi connectivity index (χ0v) is 15.7. The molecule has 1 heterocycles. The number of carbonyl (C=O) groups is 3. The topological polar surface area (TPSA) is 98.7 Å². The van der Waals surface area contributed by atoms with Crippen molar-refractivity contribution in [2.24, 2.45) is 11.8 Å². The first kappa shape index (κ1) is 20.0. The van der Waals surface area contributed by atoms with Crippen LogP contribution in [0.5, 0.6) is 0 Å². The van der Waals surface area contributed by atoms with E-state index in [1.165, 1.54) is 18.2 Å². The highest BCUT2D eigenvalue weighted by molar-refractivity contribution is 6.33. The van der Waals surface area contributed by atoms with Crippen LogP contribution in [-0.4, -0.2) is 47.5 Å². The molecule has 1 aliphatic heterocycles. The van der Waals surface area contributed by atoms with Crippen molar-refractivity contribution < 1.29 is 19.5 Å². The van der Waals surface area contributed by atoms with Gasteiger partial charge in [0.15, 0.2) is 0 Å². The molecule has 0 saturated carbocycles. The van der Waals surface area contributed by atoms with Crippen LogP contribution in [0.1, 0.15) is 37.0 Å². The lowest BCUT2D eigenvalue weighted by atomic mass is 9.97. The highest BCUT2D eigenvalue weighted by Crippen LogP contribution is 2.23. The molecule has 0 aromatic heterocycles. The Morgan fingerprint density at radius 1 is 1.35 bits per heavy atom. The van der Waals surface area contributed by atoms with Gasteiger partial charge in [0.25, 0.3) is 0 Å². The van der Waals surface area contributed by atoms with Crippen LogP contribution in [0.25, 0.3) is 0 Å². The van der Waals surface area contributed by atoms with Crippen molar-refractivity contribution >= 4 is 35.2 Å². The molecule has 0 aliphatic carbocycles. The second-order valence-electron chi connectivity index (χ2n) is 6.85. The maximum atomic E-state index is 12.5. The molecule has 1 atom stereocenters. The third-order valence-corrected chi connectivity index (χ3v) is 4.52. The lowest BCUT2D eigenvalue weighted by Gasteiger charge is -2.32. The number of aromatic carboxylic acids is 1. The summed E-state index contributed by atoms with van der Waals surface area (Å²) in [6, 6.07) is 4.12. The fourth-order valence-corrected chi connectivity index (χ4v) is 3.05. The van der Waals surface area contributed by atoms with Crippen molar-refractivity contribution in [3.8, 4) is 0 Å². The van der Waals surface area contributed by atoms with Gasteiger partial charge >= 0.3 is 12.0 Å². The Labute approximate surface area is 157 Å². The maximum Gasteiger partial charge on any atom is 0.337 e. The zero-order chi connectivity index (χ0) is 19.3. The third kappa shape index (κ3) is 5.36. The number of nitrogens with zero attached hydrogens (tertiary/aromatic N) is 1. The average Bonchev–Trinajstić information content (AvgIpc) is 2.59. The Morgan fingerprint density at radius 3 is 2.69 bits per heavy atom. The van der Waals surface area contributed by atoms with E-state index in [-0.39, 0.29) is 28.4 Å². The number of halogens is 1. The summed E-state index contributed by atoms with van der Waals surface area (Å²) in [7, 11) is 0. The number of rotatable bonds is 5. The number of anilines is 1. The second-order valence-corrected chi connectivity index (χ2v) is 7.26. The Hall–Kier alpha value is -2.28. The molecule has 3 N–H and O–H groups in total. The molecule has 7 nitrogen and oxygen atoms in total. The fraction of sp³-hybridized carbons (Fsp3) is 0.500. The largest absolute Gasteiger partial charge is 0.478 e. The molecule has 1 saturated heterocycles. The van der Waals surface area contributed by atoms with Crippen LogP contribution < -0.4 is 10.6 Å². The number of benzene rings is 1. The van der Waals surface area contributed by atoms with Crippen LogP contribution in [0.2, 0.25) is 5.02 Å². The predicted octanol–water partition coefficient (Wildman–Crippen LogP) is 3.05. The van der Waals surface area contributed by atoms with Crippen molar-refractivity contribution in [2.75, 3.05) is 25.0 Å². The van der Waals surface area contributed by atoms with E-state index in [1.807, 2.05) is 13.8 Å². The first-order valence-corrected chi connectivity index (χ1v) is 9.02. The highest BCUT2D eigenvalue weighted by atomic mass is 35.5. The second kappa shape index (κ2) is 8.89. The van der Waals surface area contributed by atoms with E-state index in [9.17, 15) is 14.4 Å². The van der Waals surface area contributed by atoms with Gasteiger partial charge in [-0.2, -0.15) is 0 Å². The van der Waals surface area contributed by atoms with Gasteiger partial charge in [-0.1, -0.05) is 25.4 Å². The molecule has 2 rings (SSSR count). The van der Waals surface area contributed by atoms with E-state index in [0.29, 0.717) is 37.7 Å². The van der Waals surface area contributed by atoms with Crippen molar-refractivity contribution in [3.05, 3.63) is 28.8 Å². The molecular formula is C18H24ClN3O4. The third-order valence-electron chi connectivity index (χ3n) is 4.21. The number of likely N-dealkylation sites (tertiary alicyclic amines) is 1. The molecule has 0 radical (unpaired) electrons. The Kier molecular flexibility index (Phi) is 6.85. The van der Waals surface area contributed by atoms with Crippen LogP contribution in [0.3, 0.4) is 0 Å². The molecule has 26 heavy (non-hydrogen) atoms. The van der Waals surface area contributed by atoms with Crippen LogP contribution in [0.15, 0.2) is 18.2 Å². The summed E-state index contributed by atoms with van der Waals surface area (Å²) < 4.78 is 0. The van der Waals surface area contributed by atoms with Gasteiger partial charge in [-0.3, -0.25) is 4.79 Å². The predicted molar refractivity (Wildman–Crippen MR) is 99.6 cm³/mol. The number of amides is 3. The summed E-state index contributed by atoms with van der Waals surface area (Å²) in [4.78, 5) is 37.3. The number of hydrogen-bond donors (Lipinski definition) is 3. The van der Waals surface area contributed by atoms with Gasteiger partial charge in [0.2, 0.25) is 5.91 Å². The summed E-state index contributed by atoms with van der Waals surface area (Å²) in [6.45, 7) is 5.63. The van der Waals surface area contributed by atoms with Crippen molar-refractivity contribution in [1.29, 1.82) is 0 Å². The van der Waals surface area contributed by atoms with Gasteiger partial charge in [0.05, 0.1) is 16.5 Å². The monoisotopic (exact) mass is 381 g/mol. The maximum absolute atomic E-state index is 12.5. The molecular weight excluding hydrogens is 358 g/mol. The zero-order valence-electron chi connectivity index (χ0n) is 14.9. The smallest absolute Gasteiger partial charge is 0.337 e. The Balaban J connectivity index is 1.95. The summed E-state index contributed by atoms with van der Waals surface area (Å²) in [5, 5.41) is 14.7. The minimum absolute atomic E-state index is 0.0182. The van der Waals surface area contributed by atoms with Gasteiger partial charge in [-0.15, -0.1) is 0 Å². The summed E-state index contributed by atoms with van der Waals surface area (Å²) >= 11 is 5.93. The summed E-state index contributed by atoms with van der Waals surface area (Å²) in [6.07, 6.45) is 1.45. The first-order chi connectivity index (χ1) is 12.3. The lowest BCUT2D eigenvalue weighted by molar-refractivity contribution is -0.121. The van der Waals surface area contributed by atoms with Gasteiger partial charge in [-0.05, 0) is 37.0 Å². The number of carboxylic acid groups (broad SMARTS) is 1. The minimum atomic E-state index is -1.12.